The molecule has 2 heteroatoms. The highest BCUT2D eigenvalue weighted by atomic mass is 16.5. The Morgan fingerprint density at radius 1 is 1.31 bits per heavy atom. The van der Waals surface area contributed by atoms with Crippen molar-refractivity contribution in [3.8, 4) is 5.75 Å². The molecule has 1 N–H and O–H groups in total. The Labute approximate surface area is 98.0 Å². The highest BCUT2D eigenvalue weighted by Gasteiger charge is 2.23. The van der Waals surface area contributed by atoms with Gasteiger partial charge < -0.3 is 10.1 Å². The maximum Gasteiger partial charge on any atom is 0.127 e. The van der Waals surface area contributed by atoms with Gasteiger partial charge in [0.2, 0.25) is 0 Å². The molecule has 2 nitrogen and oxygen atoms in total. The minimum atomic E-state index is 0.476. The van der Waals surface area contributed by atoms with Crippen molar-refractivity contribution in [2.24, 2.45) is 0 Å². The number of ether oxygens (including phenoxy) is 1. The fourth-order valence-corrected chi connectivity index (χ4v) is 2.38. The molecule has 0 aromatic heterocycles. The largest absolute Gasteiger partial charge is 0.493 e. The van der Waals surface area contributed by atoms with Crippen molar-refractivity contribution in [1.82, 2.24) is 5.32 Å². The lowest BCUT2D eigenvalue weighted by Gasteiger charge is -2.29. The zero-order valence-electron chi connectivity index (χ0n) is 10.5. The monoisotopic (exact) mass is 219 g/mol. The second-order valence-electron chi connectivity index (χ2n) is 4.59. The Hall–Kier alpha value is -1.02. The van der Waals surface area contributed by atoms with Gasteiger partial charge in [-0.1, -0.05) is 19.1 Å². The second kappa shape index (κ2) is 4.88. The lowest BCUT2D eigenvalue weighted by atomic mass is 9.93. The van der Waals surface area contributed by atoms with Crippen molar-refractivity contribution >= 4 is 0 Å². The van der Waals surface area contributed by atoms with Crippen LogP contribution < -0.4 is 10.1 Å². The Balaban J connectivity index is 2.33. The van der Waals surface area contributed by atoms with E-state index in [4.69, 9.17) is 4.74 Å². The first-order valence-electron chi connectivity index (χ1n) is 6.20. The number of hydrogen-bond acceptors (Lipinski definition) is 2. The van der Waals surface area contributed by atoms with E-state index in [1.54, 1.807) is 0 Å². The van der Waals surface area contributed by atoms with E-state index in [-0.39, 0.29) is 0 Å². The van der Waals surface area contributed by atoms with Gasteiger partial charge in [-0.3, -0.25) is 0 Å². The Morgan fingerprint density at radius 3 is 2.81 bits per heavy atom. The Morgan fingerprint density at radius 2 is 2.06 bits per heavy atom. The molecule has 0 aliphatic carbocycles. The van der Waals surface area contributed by atoms with Crippen LogP contribution in [0.25, 0.3) is 0 Å². The molecule has 0 radical (unpaired) electrons. The van der Waals surface area contributed by atoms with Crippen molar-refractivity contribution in [2.45, 2.75) is 39.7 Å². The van der Waals surface area contributed by atoms with Crippen LogP contribution in [0.4, 0.5) is 0 Å². The molecule has 1 aliphatic heterocycles. The van der Waals surface area contributed by atoms with Gasteiger partial charge in [-0.2, -0.15) is 0 Å². The van der Waals surface area contributed by atoms with Gasteiger partial charge >= 0.3 is 0 Å². The van der Waals surface area contributed by atoms with Gasteiger partial charge in [-0.05, 0) is 37.9 Å². The zero-order chi connectivity index (χ0) is 11.5. The molecule has 0 saturated heterocycles. The van der Waals surface area contributed by atoms with Crippen LogP contribution in [0.2, 0.25) is 0 Å². The van der Waals surface area contributed by atoms with E-state index in [9.17, 15) is 0 Å². The molecule has 1 aromatic carbocycles. The van der Waals surface area contributed by atoms with Crippen LogP contribution in [0.1, 0.15) is 42.5 Å². The summed E-state index contributed by atoms with van der Waals surface area (Å²) in [6.07, 6.45) is 2.26. The van der Waals surface area contributed by atoms with Crippen LogP contribution >= 0.6 is 0 Å². The van der Waals surface area contributed by atoms with Crippen LogP contribution in [0, 0.1) is 13.8 Å². The lowest BCUT2D eigenvalue weighted by Crippen LogP contribution is -2.28. The first-order chi connectivity index (χ1) is 7.74. The molecule has 0 spiro atoms. The smallest absolute Gasteiger partial charge is 0.127 e. The summed E-state index contributed by atoms with van der Waals surface area (Å²) in [6.45, 7) is 8.42. The van der Waals surface area contributed by atoms with E-state index >= 15 is 0 Å². The Kier molecular flexibility index (Phi) is 3.49. The first kappa shape index (κ1) is 11.5. The minimum Gasteiger partial charge on any atom is -0.493 e. The second-order valence-corrected chi connectivity index (χ2v) is 4.59. The summed E-state index contributed by atoms with van der Waals surface area (Å²) in [6, 6.07) is 4.82. The molecule has 0 bridgehead atoms. The van der Waals surface area contributed by atoms with Crippen LogP contribution in [0.15, 0.2) is 12.1 Å². The summed E-state index contributed by atoms with van der Waals surface area (Å²) in [7, 11) is 0. The number of rotatable bonds is 3. The number of benzene rings is 1. The van der Waals surface area contributed by atoms with E-state index in [2.05, 4.69) is 38.2 Å². The van der Waals surface area contributed by atoms with Gasteiger partial charge in [0.05, 0.1) is 6.61 Å². The topological polar surface area (TPSA) is 21.3 Å². The third-order valence-electron chi connectivity index (χ3n) is 3.25. The molecule has 16 heavy (non-hydrogen) atoms. The van der Waals surface area contributed by atoms with Gasteiger partial charge in [0.15, 0.2) is 0 Å². The molecular weight excluding hydrogens is 198 g/mol. The summed E-state index contributed by atoms with van der Waals surface area (Å²) in [5.41, 5.74) is 3.97. The lowest BCUT2D eigenvalue weighted by molar-refractivity contribution is 0.250. The summed E-state index contributed by atoms with van der Waals surface area (Å²) < 4.78 is 5.81. The fourth-order valence-electron chi connectivity index (χ4n) is 2.38. The molecule has 88 valence electrons. The molecule has 1 aromatic rings. The summed E-state index contributed by atoms with van der Waals surface area (Å²) in [5.74, 6) is 1.11. The quantitative estimate of drug-likeness (QED) is 0.843. The fraction of sp³-hybridized carbons (Fsp3) is 0.571. The molecular formula is C14H21NO. The normalized spacial score (nSPS) is 19.1. The standard InChI is InChI=1S/C14H21NO/c1-4-8-15-12-7-9-16-14-11(3)6-5-10(2)13(12)14/h5-6,12,15H,4,7-9H2,1-3H3. The summed E-state index contributed by atoms with van der Waals surface area (Å²) in [5, 5.41) is 3.62. The molecule has 1 unspecified atom stereocenters. The third kappa shape index (κ3) is 2.07. The van der Waals surface area contributed by atoms with Crippen molar-refractivity contribution < 1.29 is 4.74 Å². The first-order valence-corrected chi connectivity index (χ1v) is 6.20. The predicted octanol–water partition coefficient (Wildman–Crippen LogP) is 3.13. The van der Waals surface area contributed by atoms with Gasteiger partial charge in [0, 0.05) is 18.0 Å². The number of hydrogen-bond donors (Lipinski definition) is 1. The highest BCUT2D eigenvalue weighted by molar-refractivity contribution is 5.48. The maximum atomic E-state index is 5.81. The van der Waals surface area contributed by atoms with E-state index in [1.807, 2.05) is 0 Å². The van der Waals surface area contributed by atoms with Crippen LogP contribution in [-0.2, 0) is 0 Å². The average molecular weight is 219 g/mol. The van der Waals surface area contributed by atoms with Gasteiger partial charge in [0.1, 0.15) is 5.75 Å². The molecule has 1 atom stereocenters. The maximum absolute atomic E-state index is 5.81. The summed E-state index contributed by atoms with van der Waals surface area (Å²) in [4.78, 5) is 0. The van der Waals surface area contributed by atoms with Crippen molar-refractivity contribution in [3.63, 3.8) is 0 Å². The molecule has 0 saturated carbocycles. The average Bonchev–Trinajstić information content (AvgIpc) is 2.31. The van der Waals surface area contributed by atoms with E-state index in [0.29, 0.717) is 6.04 Å². The predicted molar refractivity (Wildman–Crippen MR) is 67.1 cm³/mol. The van der Waals surface area contributed by atoms with Gasteiger partial charge in [-0.15, -0.1) is 0 Å². The van der Waals surface area contributed by atoms with E-state index in [1.165, 1.54) is 23.1 Å². The Bertz CT molecular complexity index is 373. The van der Waals surface area contributed by atoms with Crippen molar-refractivity contribution in [2.75, 3.05) is 13.2 Å². The molecule has 0 amide bonds. The van der Waals surface area contributed by atoms with Gasteiger partial charge in [-0.25, -0.2) is 0 Å². The van der Waals surface area contributed by atoms with Gasteiger partial charge in [0.25, 0.3) is 0 Å². The van der Waals surface area contributed by atoms with Crippen molar-refractivity contribution in [1.29, 1.82) is 0 Å². The SMILES string of the molecule is CCCNC1CCOc2c(C)ccc(C)c21. The molecule has 0 fully saturated rings. The van der Waals surface area contributed by atoms with E-state index in [0.717, 1.165) is 25.3 Å². The third-order valence-corrected chi connectivity index (χ3v) is 3.25. The molecule has 1 aliphatic rings. The van der Waals surface area contributed by atoms with Crippen LogP contribution in [0.5, 0.6) is 5.75 Å². The zero-order valence-corrected chi connectivity index (χ0v) is 10.5. The molecule has 2 rings (SSSR count). The summed E-state index contributed by atoms with van der Waals surface area (Å²) >= 11 is 0. The van der Waals surface area contributed by atoms with Crippen LogP contribution in [-0.4, -0.2) is 13.2 Å². The number of aryl methyl sites for hydroxylation is 2. The van der Waals surface area contributed by atoms with Crippen LogP contribution in [0.3, 0.4) is 0 Å². The van der Waals surface area contributed by atoms with E-state index < -0.39 is 0 Å². The highest BCUT2D eigenvalue weighted by Crippen LogP contribution is 2.36. The number of nitrogens with one attached hydrogen (secondary N) is 1. The molecule has 1 heterocycles. The minimum absolute atomic E-state index is 0.476. The van der Waals surface area contributed by atoms with Crippen molar-refractivity contribution in [3.05, 3.63) is 28.8 Å². The number of fused-ring (bicyclic) bond motifs is 1.